The van der Waals surface area contributed by atoms with Crippen LogP contribution >= 0.6 is 11.6 Å². The standard InChI is InChI=1S/C20H15ClN6O5/c21-10-2-1-3-12(8-10)23-20-25-17-16(19(30)26-20)14(9-15(28)24-17)18(29)22-11-4-6-13(7-5-11)27(31)32/h1-8,14H,9H2,(H,22,29)(H3,23,24,25,26,28,30)/t14-/m0/s1. The van der Waals surface area contributed by atoms with E-state index in [0.717, 1.165) is 0 Å². The summed E-state index contributed by atoms with van der Waals surface area (Å²) in [5.41, 5.74) is 0.141. The Bertz CT molecular complexity index is 1290. The van der Waals surface area contributed by atoms with E-state index < -0.39 is 28.2 Å². The first-order chi connectivity index (χ1) is 15.3. The lowest BCUT2D eigenvalue weighted by Crippen LogP contribution is -2.36. The van der Waals surface area contributed by atoms with Gasteiger partial charge in [-0.1, -0.05) is 17.7 Å². The van der Waals surface area contributed by atoms with Gasteiger partial charge in [-0.15, -0.1) is 0 Å². The van der Waals surface area contributed by atoms with Gasteiger partial charge in [0.05, 0.1) is 16.4 Å². The van der Waals surface area contributed by atoms with Crippen molar-refractivity contribution in [2.75, 3.05) is 16.0 Å². The highest BCUT2D eigenvalue weighted by molar-refractivity contribution is 6.30. The van der Waals surface area contributed by atoms with Gasteiger partial charge in [0.15, 0.2) is 0 Å². The molecule has 0 unspecified atom stereocenters. The highest BCUT2D eigenvalue weighted by Gasteiger charge is 2.34. The molecule has 0 saturated heterocycles. The summed E-state index contributed by atoms with van der Waals surface area (Å²) in [5.74, 6) is -2.15. The van der Waals surface area contributed by atoms with Crippen molar-refractivity contribution in [3.63, 3.8) is 0 Å². The number of hydrogen-bond donors (Lipinski definition) is 4. The Morgan fingerprint density at radius 1 is 1.16 bits per heavy atom. The van der Waals surface area contributed by atoms with E-state index in [4.69, 9.17) is 11.6 Å². The summed E-state index contributed by atoms with van der Waals surface area (Å²) in [6.07, 6.45) is -0.252. The number of H-pyrrole nitrogens is 1. The van der Waals surface area contributed by atoms with Crippen molar-refractivity contribution in [2.45, 2.75) is 12.3 Å². The molecule has 1 atom stereocenters. The van der Waals surface area contributed by atoms with Crippen LogP contribution in [-0.4, -0.2) is 26.7 Å². The maximum Gasteiger partial charge on any atom is 0.269 e. The Kier molecular flexibility index (Phi) is 5.56. The first-order valence-electron chi connectivity index (χ1n) is 9.32. The number of rotatable bonds is 5. The molecule has 1 aliphatic heterocycles. The van der Waals surface area contributed by atoms with E-state index in [0.29, 0.717) is 10.7 Å². The van der Waals surface area contributed by atoms with Crippen LogP contribution in [0.1, 0.15) is 17.9 Å². The molecule has 162 valence electrons. The molecular weight excluding hydrogens is 440 g/mol. The van der Waals surface area contributed by atoms with Gasteiger partial charge in [0.1, 0.15) is 5.82 Å². The Morgan fingerprint density at radius 3 is 2.59 bits per heavy atom. The van der Waals surface area contributed by atoms with E-state index in [1.54, 1.807) is 24.3 Å². The number of nitrogens with one attached hydrogen (secondary N) is 4. The monoisotopic (exact) mass is 454 g/mol. The second-order valence-corrected chi connectivity index (χ2v) is 7.35. The number of carbonyl (C=O) groups excluding carboxylic acids is 2. The minimum absolute atomic E-state index is 0.0145. The summed E-state index contributed by atoms with van der Waals surface area (Å²) in [4.78, 5) is 54.8. The van der Waals surface area contributed by atoms with Gasteiger partial charge in [-0.3, -0.25) is 29.5 Å². The van der Waals surface area contributed by atoms with Crippen LogP contribution in [0.5, 0.6) is 0 Å². The zero-order valence-corrected chi connectivity index (χ0v) is 17.0. The fourth-order valence-corrected chi connectivity index (χ4v) is 3.44. The van der Waals surface area contributed by atoms with Gasteiger partial charge in [0.25, 0.3) is 11.2 Å². The number of hydrogen-bond acceptors (Lipinski definition) is 7. The summed E-state index contributed by atoms with van der Waals surface area (Å²) in [6.45, 7) is 0. The molecule has 2 aromatic carbocycles. The molecule has 0 bridgehead atoms. The number of nitrogens with zero attached hydrogens (tertiary/aromatic N) is 2. The minimum Gasteiger partial charge on any atom is -0.326 e. The molecule has 0 saturated carbocycles. The van der Waals surface area contributed by atoms with Gasteiger partial charge in [-0.05, 0) is 30.3 Å². The van der Waals surface area contributed by atoms with Crippen LogP contribution < -0.4 is 21.5 Å². The molecule has 32 heavy (non-hydrogen) atoms. The summed E-state index contributed by atoms with van der Waals surface area (Å²) < 4.78 is 0. The lowest BCUT2D eigenvalue weighted by Gasteiger charge is -2.23. The zero-order valence-electron chi connectivity index (χ0n) is 16.2. The Morgan fingerprint density at radius 2 is 1.91 bits per heavy atom. The molecule has 2 amide bonds. The highest BCUT2D eigenvalue weighted by atomic mass is 35.5. The number of carbonyl (C=O) groups is 2. The number of amides is 2. The van der Waals surface area contributed by atoms with Gasteiger partial charge in [-0.25, -0.2) is 0 Å². The van der Waals surface area contributed by atoms with Gasteiger partial charge in [0.2, 0.25) is 17.8 Å². The van der Waals surface area contributed by atoms with Gasteiger partial charge in [-0.2, -0.15) is 4.98 Å². The third kappa shape index (κ3) is 4.42. The highest BCUT2D eigenvalue weighted by Crippen LogP contribution is 2.30. The number of fused-ring (bicyclic) bond motifs is 1. The summed E-state index contributed by atoms with van der Waals surface area (Å²) in [6, 6.07) is 11.9. The number of nitro groups is 1. The van der Waals surface area contributed by atoms with Gasteiger partial charge < -0.3 is 16.0 Å². The average molecular weight is 455 g/mol. The molecule has 12 heteroatoms. The summed E-state index contributed by atoms with van der Waals surface area (Å²) in [5, 5.41) is 19.2. The molecule has 0 aliphatic carbocycles. The Hall–Kier alpha value is -4.25. The molecule has 2 heterocycles. The first-order valence-corrected chi connectivity index (χ1v) is 9.70. The molecule has 4 N–H and O–H groups in total. The summed E-state index contributed by atoms with van der Waals surface area (Å²) >= 11 is 5.95. The largest absolute Gasteiger partial charge is 0.326 e. The molecule has 0 fully saturated rings. The Labute approximate surface area is 185 Å². The van der Waals surface area contributed by atoms with Crippen molar-refractivity contribution >= 4 is 52.2 Å². The third-order valence-corrected chi connectivity index (χ3v) is 4.94. The van der Waals surface area contributed by atoms with Crippen molar-refractivity contribution in [3.05, 3.63) is 79.6 Å². The quantitative estimate of drug-likeness (QED) is 0.340. The summed E-state index contributed by atoms with van der Waals surface area (Å²) in [7, 11) is 0. The maximum atomic E-state index is 12.8. The normalized spacial score (nSPS) is 14.8. The second-order valence-electron chi connectivity index (χ2n) is 6.91. The topological polar surface area (TPSA) is 159 Å². The van der Waals surface area contributed by atoms with Gasteiger partial charge in [0, 0.05) is 35.0 Å². The van der Waals surface area contributed by atoms with Crippen molar-refractivity contribution in [2.24, 2.45) is 0 Å². The smallest absolute Gasteiger partial charge is 0.269 e. The SMILES string of the molecule is O=C1C[C@H](C(=O)Nc2ccc([N+](=O)[O-])cc2)c2c(nc(Nc3cccc(Cl)c3)[nH]c2=O)N1. The van der Waals surface area contributed by atoms with Crippen molar-refractivity contribution in [1.82, 2.24) is 9.97 Å². The zero-order chi connectivity index (χ0) is 22.8. The average Bonchev–Trinajstić information content (AvgIpc) is 2.73. The molecule has 0 spiro atoms. The van der Waals surface area contributed by atoms with Crippen molar-refractivity contribution in [1.29, 1.82) is 0 Å². The van der Waals surface area contributed by atoms with E-state index in [1.807, 2.05) is 0 Å². The molecule has 3 aromatic rings. The third-order valence-electron chi connectivity index (χ3n) is 4.70. The molecule has 11 nitrogen and oxygen atoms in total. The van der Waals surface area contributed by atoms with E-state index >= 15 is 0 Å². The van der Waals surface area contributed by atoms with Crippen molar-refractivity contribution < 1.29 is 14.5 Å². The van der Waals surface area contributed by atoms with E-state index in [9.17, 15) is 24.5 Å². The fraction of sp³-hybridized carbons (Fsp3) is 0.100. The predicted molar refractivity (Wildman–Crippen MR) is 117 cm³/mol. The van der Waals surface area contributed by atoms with Crippen LogP contribution in [0.25, 0.3) is 0 Å². The van der Waals surface area contributed by atoms with Crippen LogP contribution in [0.4, 0.5) is 28.8 Å². The number of halogens is 1. The number of aromatic nitrogens is 2. The van der Waals surface area contributed by atoms with Crippen LogP contribution in [-0.2, 0) is 9.59 Å². The predicted octanol–water partition coefficient (Wildman–Crippen LogP) is 3.14. The van der Waals surface area contributed by atoms with E-state index in [1.165, 1.54) is 24.3 Å². The van der Waals surface area contributed by atoms with Crippen LogP contribution in [0.2, 0.25) is 5.02 Å². The first kappa shape index (κ1) is 21.0. The van der Waals surface area contributed by atoms with E-state index in [2.05, 4.69) is 25.9 Å². The van der Waals surface area contributed by atoms with E-state index in [-0.39, 0.29) is 35.1 Å². The fourth-order valence-electron chi connectivity index (χ4n) is 3.25. The lowest BCUT2D eigenvalue weighted by molar-refractivity contribution is -0.384. The number of benzene rings is 2. The number of nitro benzene ring substituents is 1. The Balaban J connectivity index is 1.60. The number of non-ortho nitro benzene ring substituents is 1. The second kappa shape index (κ2) is 8.47. The van der Waals surface area contributed by atoms with Crippen LogP contribution in [0.15, 0.2) is 53.3 Å². The molecule has 4 rings (SSSR count). The number of aromatic amines is 1. The molecule has 1 aromatic heterocycles. The van der Waals surface area contributed by atoms with Crippen LogP contribution in [0, 0.1) is 10.1 Å². The molecule has 0 radical (unpaired) electrons. The van der Waals surface area contributed by atoms with Gasteiger partial charge >= 0.3 is 0 Å². The lowest BCUT2D eigenvalue weighted by atomic mass is 9.92. The van der Waals surface area contributed by atoms with Crippen LogP contribution in [0.3, 0.4) is 0 Å². The van der Waals surface area contributed by atoms with Crippen molar-refractivity contribution in [3.8, 4) is 0 Å². The maximum absolute atomic E-state index is 12.8. The molecular formula is C20H15ClN6O5. The minimum atomic E-state index is -1.09. The number of anilines is 4. The molecule has 1 aliphatic rings.